The fraction of sp³-hybridized carbons (Fsp3) is 0.0833. The fourth-order valence-corrected chi connectivity index (χ4v) is 5.47. The summed E-state index contributed by atoms with van der Waals surface area (Å²) < 4.78 is 23.0. The summed E-state index contributed by atoms with van der Waals surface area (Å²) in [6, 6.07) is 6.84. The topological polar surface area (TPSA) is 51.2 Å². The lowest BCUT2D eigenvalue weighted by Crippen LogP contribution is -1.97. The zero-order valence-electron chi connectivity index (χ0n) is 10.1. The van der Waals surface area contributed by atoms with Gasteiger partial charge in [-0.25, -0.2) is 8.42 Å². The van der Waals surface area contributed by atoms with Crippen LogP contribution < -0.4 is 0 Å². The van der Waals surface area contributed by atoms with Crippen LogP contribution >= 0.6 is 46.3 Å². The van der Waals surface area contributed by atoms with E-state index in [1.54, 1.807) is 24.3 Å². The van der Waals surface area contributed by atoms with Gasteiger partial charge >= 0.3 is 0 Å². The van der Waals surface area contributed by atoms with E-state index in [-0.39, 0.29) is 19.9 Å². The molecule has 2 aromatic rings. The number of benzene rings is 1. The van der Waals surface area contributed by atoms with E-state index >= 15 is 0 Å². The molecule has 0 fully saturated rings. The highest BCUT2D eigenvalue weighted by Crippen LogP contribution is 2.36. The molecule has 1 aromatic carbocycles. The molecule has 0 unspecified atom stereocenters. The van der Waals surface area contributed by atoms with Crippen molar-refractivity contribution in [2.45, 2.75) is 9.79 Å². The van der Waals surface area contributed by atoms with Crippen molar-refractivity contribution >= 4 is 61.3 Å². The third-order valence-electron chi connectivity index (χ3n) is 2.29. The van der Waals surface area contributed by atoms with Crippen molar-refractivity contribution < 1.29 is 13.2 Å². The van der Waals surface area contributed by atoms with Crippen LogP contribution in [0.1, 0.15) is 9.67 Å². The lowest BCUT2D eigenvalue weighted by molar-refractivity contribution is 0.109. The molecule has 0 radical (unpaired) electrons. The molecule has 0 aliphatic rings. The number of sulfone groups is 1. The van der Waals surface area contributed by atoms with Crippen LogP contribution in [0.3, 0.4) is 0 Å². The summed E-state index contributed by atoms with van der Waals surface area (Å²) in [5, 5.41) is 1.58. The summed E-state index contributed by atoms with van der Waals surface area (Å²) in [6.45, 7) is 0. The lowest BCUT2D eigenvalue weighted by Gasteiger charge is -2.00. The Balaban J connectivity index is 2.29. The van der Waals surface area contributed by atoms with Gasteiger partial charge < -0.3 is 0 Å². The zero-order valence-corrected chi connectivity index (χ0v) is 14.1. The summed E-state index contributed by atoms with van der Waals surface area (Å²) in [6.07, 6.45) is 1.05. The van der Waals surface area contributed by atoms with Gasteiger partial charge in [-0.2, -0.15) is 0 Å². The van der Waals surface area contributed by atoms with E-state index in [1.165, 1.54) is 5.38 Å². The van der Waals surface area contributed by atoms with Crippen LogP contribution in [0.2, 0.25) is 10.0 Å². The van der Waals surface area contributed by atoms with Gasteiger partial charge in [0.15, 0.2) is 9.84 Å². The van der Waals surface area contributed by atoms with Crippen LogP contribution in [0.5, 0.6) is 0 Å². The SMILES string of the molecule is CS(=O)(=O)c1csc(C(=O)Sc2cccc(Cl)c2)c1Cl. The van der Waals surface area contributed by atoms with Crippen molar-refractivity contribution in [3.63, 3.8) is 0 Å². The van der Waals surface area contributed by atoms with Gasteiger partial charge in [-0.1, -0.05) is 29.3 Å². The van der Waals surface area contributed by atoms with Gasteiger partial charge in [0.2, 0.25) is 5.12 Å². The Morgan fingerprint density at radius 2 is 2.00 bits per heavy atom. The molecule has 0 N–H and O–H groups in total. The van der Waals surface area contributed by atoms with Gasteiger partial charge in [0, 0.05) is 21.6 Å². The first-order valence-corrected chi connectivity index (χ1v) is 9.58. The standard InChI is InChI=1S/C12H8Cl2O3S3/c1-20(16,17)9-6-18-11(10(9)14)12(15)19-8-4-2-3-7(13)5-8/h2-6H,1H3. The maximum Gasteiger partial charge on any atom is 0.235 e. The Hall–Kier alpha value is -0.530. The van der Waals surface area contributed by atoms with E-state index in [9.17, 15) is 13.2 Å². The van der Waals surface area contributed by atoms with Gasteiger partial charge in [-0.3, -0.25) is 4.79 Å². The number of rotatable bonds is 3. The van der Waals surface area contributed by atoms with E-state index in [4.69, 9.17) is 23.2 Å². The predicted molar refractivity (Wildman–Crippen MR) is 84.1 cm³/mol. The molecule has 0 saturated carbocycles. The summed E-state index contributed by atoms with van der Waals surface area (Å²) in [4.78, 5) is 13.0. The van der Waals surface area contributed by atoms with Gasteiger partial charge in [0.25, 0.3) is 0 Å². The number of thioether (sulfide) groups is 1. The number of hydrogen-bond donors (Lipinski definition) is 0. The monoisotopic (exact) mass is 366 g/mol. The fourth-order valence-electron chi connectivity index (χ4n) is 1.40. The predicted octanol–water partition coefficient (Wildman–Crippen LogP) is 4.39. The van der Waals surface area contributed by atoms with Crippen molar-refractivity contribution in [3.05, 3.63) is 44.6 Å². The van der Waals surface area contributed by atoms with Crippen molar-refractivity contribution in [2.75, 3.05) is 6.26 Å². The maximum absolute atomic E-state index is 12.1. The average molecular weight is 367 g/mol. The number of hydrogen-bond acceptors (Lipinski definition) is 5. The summed E-state index contributed by atoms with van der Waals surface area (Å²) in [5.74, 6) is 0. The second-order valence-corrected chi connectivity index (χ2v) is 8.59. The molecule has 0 atom stereocenters. The molecular weight excluding hydrogens is 359 g/mol. The number of carbonyl (C=O) groups excluding carboxylic acids is 1. The summed E-state index contributed by atoms with van der Waals surface area (Å²) >= 11 is 13.8. The van der Waals surface area contributed by atoms with Crippen LogP contribution in [0.4, 0.5) is 0 Å². The Morgan fingerprint density at radius 1 is 1.30 bits per heavy atom. The minimum absolute atomic E-state index is 0.0146. The first kappa shape index (κ1) is 15.9. The van der Waals surface area contributed by atoms with Crippen LogP contribution in [0.15, 0.2) is 39.4 Å². The summed E-state index contributed by atoms with van der Waals surface area (Å²) in [5.41, 5.74) is 0. The molecule has 0 aliphatic carbocycles. The molecular formula is C12H8Cl2O3S3. The Morgan fingerprint density at radius 3 is 2.55 bits per heavy atom. The van der Waals surface area contributed by atoms with E-state index in [2.05, 4.69) is 0 Å². The molecule has 2 rings (SSSR count). The molecule has 0 bridgehead atoms. The molecule has 0 amide bonds. The van der Waals surface area contributed by atoms with E-state index < -0.39 is 9.84 Å². The van der Waals surface area contributed by atoms with Crippen molar-refractivity contribution in [2.24, 2.45) is 0 Å². The zero-order chi connectivity index (χ0) is 14.9. The van der Waals surface area contributed by atoms with E-state index in [0.29, 0.717) is 9.92 Å². The maximum atomic E-state index is 12.1. The van der Waals surface area contributed by atoms with Crippen LogP contribution in [0.25, 0.3) is 0 Å². The Bertz CT molecular complexity index is 766. The minimum atomic E-state index is -3.43. The molecule has 0 aliphatic heterocycles. The largest absolute Gasteiger partial charge is 0.280 e. The molecule has 1 heterocycles. The van der Waals surface area contributed by atoms with Gasteiger partial charge in [0.1, 0.15) is 4.88 Å². The smallest absolute Gasteiger partial charge is 0.235 e. The van der Waals surface area contributed by atoms with Gasteiger partial charge in [-0.15, -0.1) is 11.3 Å². The average Bonchev–Trinajstić information content (AvgIpc) is 2.70. The molecule has 8 heteroatoms. The Kier molecular flexibility index (Phi) is 4.81. The van der Waals surface area contributed by atoms with E-state index in [1.807, 2.05) is 0 Å². The van der Waals surface area contributed by atoms with Crippen LogP contribution in [0, 0.1) is 0 Å². The van der Waals surface area contributed by atoms with Crippen molar-refractivity contribution in [1.29, 1.82) is 0 Å². The minimum Gasteiger partial charge on any atom is -0.280 e. The number of thiophene rings is 1. The Labute approximate surface area is 134 Å². The molecule has 106 valence electrons. The number of carbonyl (C=O) groups is 1. The molecule has 0 spiro atoms. The molecule has 0 saturated heterocycles. The second-order valence-electron chi connectivity index (χ2n) is 3.86. The third-order valence-corrected chi connectivity index (χ3v) is 6.40. The molecule has 1 aromatic heterocycles. The highest BCUT2D eigenvalue weighted by Gasteiger charge is 2.22. The second kappa shape index (κ2) is 6.07. The summed E-state index contributed by atoms with van der Waals surface area (Å²) in [7, 11) is -3.43. The lowest BCUT2D eigenvalue weighted by atomic mass is 10.4. The van der Waals surface area contributed by atoms with Crippen LogP contribution in [-0.2, 0) is 9.84 Å². The first-order valence-electron chi connectivity index (χ1n) is 5.24. The molecule has 20 heavy (non-hydrogen) atoms. The van der Waals surface area contributed by atoms with Crippen molar-refractivity contribution in [3.8, 4) is 0 Å². The quantitative estimate of drug-likeness (QED) is 0.755. The van der Waals surface area contributed by atoms with E-state index in [0.717, 1.165) is 29.4 Å². The normalized spacial score (nSPS) is 11.6. The highest BCUT2D eigenvalue weighted by molar-refractivity contribution is 8.14. The molecule has 3 nitrogen and oxygen atoms in total. The first-order chi connectivity index (χ1) is 9.29. The van der Waals surface area contributed by atoms with Gasteiger partial charge in [0.05, 0.1) is 9.92 Å². The van der Waals surface area contributed by atoms with Crippen LogP contribution in [-0.4, -0.2) is 19.8 Å². The van der Waals surface area contributed by atoms with Gasteiger partial charge in [-0.05, 0) is 30.0 Å². The van der Waals surface area contributed by atoms with Crippen molar-refractivity contribution in [1.82, 2.24) is 0 Å². The third kappa shape index (κ3) is 3.56. The number of halogens is 2. The highest BCUT2D eigenvalue weighted by atomic mass is 35.5.